The molecule has 0 aliphatic rings. The number of anilines is 3. The van der Waals surface area contributed by atoms with Gasteiger partial charge in [0.25, 0.3) is 0 Å². The van der Waals surface area contributed by atoms with Gasteiger partial charge in [-0.3, -0.25) is 0 Å². The molecule has 0 aliphatic carbocycles. The van der Waals surface area contributed by atoms with E-state index in [-0.39, 0.29) is 0 Å². The number of benzene rings is 2. The van der Waals surface area contributed by atoms with E-state index in [2.05, 4.69) is 5.32 Å². The monoisotopic (exact) mass is 280 g/mol. The number of hydrogen-bond acceptors (Lipinski definition) is 2. The molecule has 0 unspecified atom stereocenters. The van der Waals surface area contributed by atoms with Gasteiger partial charge >= 0.3 is 6.18 Å². The number of nitrogens with one attached hydrogen (secondary N) is 1. The van der Waals surface area contributed by atoms with Crippen molar-refractivity contribution in [2.75, 3.05) is 11.1 Å². The molecule has 2 rings (SSSR count). The Hall–Kier alpha value is -2.17. The molecule has 20 heavy (non-hydrogen) atoms. The van der Waals surface area contributed by atoms with Gasteiger partial charge in [0.05, 0.1) is 16.9 Å². The highest BCUT2D eigenvalue weighted by Crippen LogP contribution is 2.34. The molecule has 0 bridgehead atoms. The van der Waals surface area contributed by atoms with Crippen LogP contribution in [0.5, 0.6) is 0 Å². The normalized spacial score (nSPS) is 11.4. The Morgan fingerprint density at radius 2 is 1.65 bits per heavy atom. The van der Waals surface area contributed by atoms with Crippen LogP contribution in [0.4, 0.5) is 30.2 Å². The van der Waals surface area contributed by atoms with E-state index in [4.69, 9.17) is 5.73 Å². The largest absolute Gasteiger partial charge is 0.416 e. The van der Waals surface area contributed by atoms with Crippen LogP contribution in [0.15, 0.2) is 36.4 Å². The molecule has 2 aromatic carbocycles. The van der Waals surface area contributed by atoms with Gasteiger partial charge < -0.3 is 11.1 Å². The van der Waals surface area contributed by atoms with Gasteiger partial charge in [-0.15, -0.1) is 0 Å². The molecule has 0 aliphatic heterocycles. The Morgan fingerprint density at radius 1 is 0.950 bits per heavy atom. The zero-order chi connectivity index (χ0) is 14.9. The second kappa shape index (κ2) is 5.07. The van der Waals surface area contributed by atoms with Crippen molar-refractivity contribution < 1.29 is 13.2 Å². The Morgan fingerprint density at radius 3 is 2.30 bits per heavy atom. The average Bonchev–Trinajstić information content (AvgIpc) is 2.35. The maximum absolute atomic E-state index is 12.7. The number of halogens is 3. The van der Waals surface area contributed by atoms with Crippen LogP contribution in [0.2, 0.25) is 0 Å². The molecular weight excluding hydrogens is 265 g/mol. The van der Waals surface area contributed by atoms with E-state index < -0.39 is 11.7 Å². The van der Waals surface area contributed by atoms with Gasteiger partial charge in [0.15, 0.2) is 0 Å². The summed E-state index contributed by atoms with van der Waals surface area (Å²) in [6.45, 7) is 3.64. The summed E-state index contributed by atoms with van der Waals surface area (Å²) in [6.07, 6.45) is -4.36. The van der Waals surface area contributed by atoms with Gasteiger partial charge in [-0.1, -0.05) is 12.1 Å². The van der Waals surface area contributed by atoms with E-state index in [9.17, 15) is 13.2 Å². The number of rotatable bonds is 2. The molecular formula is C15H15F3N2. The summed E-state index contributed by atoms with van der Waals surface area (Å²) >= 11 is 0. The predicted molar refractivity (Wildman–Crippen MR) is 75.1 cm³/mol. The summed E-state index contributed by atoms with van der Waals surface area (Å²) in [5.74, 6) is 0. The molecule has 5 heteroatoms. The quantitative estimate of drug-likeness (QED) is 0.786. The van der Waals surface area contributed by atoms with Crippen LogP contribution in [-0.4, -0.2) is 0 Å². The van der Waals surface area contributed by atoms with Gasteiger partial charge in [0, 0.05) is 5.69 Å². The highest BCUT2D eigenvalue weighted by molar-refractivity contribution is 5.74. The van der Waals surface area contributed by atoms with Gasteiger partial charge in [0.1, 0.15) is 0 Å². The average molecular weight is 280 g/mol. The number of hydrogen-bond donors (Lipinski definition) is 2. The van der Waals surface area contributed by atoms with Crippen molar-refractivity contribution in [2.45, 2.75) is 20.0 Å². The molecule has 0 fully saturated rings. The minimum Gasteiger partial charge on any atom is -0.397 e. The van der Waals surface area contributed by atoms with Crippen molar-refractivity contribution >= 4 is 17.1 Å². The standard InChI is InChI=1S/C15H15F3N2/c1-9-3-6-12(19)14(7-9)20-13-8-11(15(16,17)18)5-4-10(13)2/h3-8,20H,19H2,1-2H3. The highest BCUT2D eigenvalue weighted by Gasteiger charge is 2.30. The summed E-state index contributed by atoms with van der Waals surface area (Å²) in [6, 6.07) is 8.98. The fraction of sp³-hybridized carbons (Fsp3) is 0.200. The Bertz CT molecular complexity index is 634. The Labute approximate surface area is 115 Å². The number of nitrogen functional groups attached to an aromatic ring is 1. The lowest BCUT2D eigenvalue weighted by Gasteiger charge is -2.15. The van der Waals surface area contributed by atoms with Gasteiger partial charge in [-0.2, -0.15) is 13.2 Å². The lowest BCUT2D eigenvalue weighted by atomic mass is 10.1. The van der Waals surface area contributed by atoms with E-state index in [0.29, 0.717) is 17.1 Å². The first-order chi connectivity index (χ1) is 9.27. The topological polar surface area (TPSA) is 38.0 Å². The van der Waals surface area contributed by atoms with Crippen molar-refractivity contribution in [3.8, 4) is 0 Å². The maximum Gasteiger partial charge on any atom is 0.416 e. The number of alkyl halides is 3. The first-order valence-corrected chi connectivity index (χ1v) is 6.08. The molecule has 0 radical (unpaired) electrons. The van der Waals surface area contributed by atoms with E-state index in [1.807, 2.05) is 13.0 Å². The molecule has 0 aromatic heterocycles. The van der Waals surface area contributed by atoms with Crippen LogP contribution >= 0.6 is 0 Å². The second-order valence-corrected chi connectivity index (χ2v) is 4.74. The zero-order valence-electron chi connectivity index (χ0n) is 11.2. The van der Waals surface area contributed by atoms with E-state index in [0.717, 1.165) is 23.3 Å². The first-order valence-electron chi connectivity index (χ1n) is 6.08. The third kappa shape index (κ3) is 3.04. The Kier molecular flexibility index (Phi) is 3.61. The van der Waals surface area contributed by atoms with E-state index >= 15 is 0 Å². The third-order valence-corrected chi connectivity index (χ3v) is 3.04. The zero-order valence-corrected chi connectivity index (χ0v) is 11.2. The SMILES string of the molecule is Cc1ccc(N)c(Nc2cc(C(F)(F)F)ccc2C)c1. The molecule has 2 nitrogen and oxygen atoms in total. The first kappa shape index (κ1) is 14.2. The van der Waals surface area contributed by atoms with Gasteiger partial charge in [0.2, 0.25) is 0 Å². The van der Waals surface area contributed by atoms with Crippen molar-refractivity contribution in [1.82, 2.24) is 0 Å². The van der Waals surface area contributed by atoms with Crippen LogP contribution in [0.1, 0.15) is 16.7 Å². The van der Waals surface area contributed by atoms with E-state index in [1.165, 1.54) is 6.07 Å². The van der Waals surface area contributed by atoms with Crippen LogP contribution in [0, 0.1) is 13.8 Å². The summed E-state index contributed by atoms with van der Waals surface area (Å²) in [5.41, 5.74) is 8.34. The van der Waals surface area contributed by atoms with Crippen LogP contribution < -0.4 is 11.1 Å². The van der Waals surface area contributed by atoms with Crippen molar-refractivity contribution in [1.29, 1.82) is 0 Å². The predicted octanol–water partition coefficient (Wildman–Crippen LogP) is 4.65. The van der Waals surface area contributed by atoms with Crippen LogP contribution in [0.3, 0.4) is 0 Å². The van der Waals surface area contributed by atoms with Crippen LogP contribution in [0.25, 0.3) is 0 Å². The van der Waals surface area contributed by atoms with Crippen molar-refractivity contribution in [2.24, 2.45) is 0 Å². The smallest absolute Gasteiger partial charge is 0.397 e. The molecule has 3 N–H and O–H groups in total. The number of nitrogens with two attached hydrogens (primary N) is 1. The minimum atomic E-state index is -4.36. The maximum atomic E-state index is 12.7. The molecule has 0 atom stereocenters. The lowest BCUT2D eigenvalue weighted by Crippen LogP contribution is -2.06. The Balaban J connectivity index is 2.40. The highest BCUT2D eigenvalue weighted by atomic mass is 19.4. The second-order valence-electron chi connectivity index (χ2n) is 4.74. The minimum absolute atomic E-state index is 0.400. The van der Waals surface area contributed by atoms with E-state index in [1.54, 1.807) is 19.1 Å². The molecule has 2 aromatic rings. The molecule has 0 spiro atoms. The summed E-state index contributed by atoms with van der Waals surface area (Å²) in [4.78, 5) is 0. The van der Waals surface area contributed by atoms with Gasteiger partial charge in [-0.25, -0.2) is 0 Å². The molecule has 106 valence electrons. The molecule has 0 saturated heterocycles. The summed E-state index contributed by atoms with van der Waals surface area (Å²) in [5, 5.41) is 2.97. The molecule has 0 saturated carbocycles. The van der Waals surface area contributed by atoms with Gasteiger partial charge in [-0.05, 0) is 49.2 Å². The summed E-state index contributed by atoms with van der Waals surface area (Å²) in [7, 11) is 0. The van der Waals surface area contributed by atoms with Crippen molar-refractivity contribution in [3.05, 3.63) is 53.1 Å². The van der Waals surface area contributed by atoms with Crippen molar-refractivity contribution in [3.63, 3.8) is 0 Å². The summed E-state index contributed by atoms with van der Waals surface area (Å²) < 4.78 is 38.2. The fourth-order valence-corrected chi connectivity index (χ4v) is 1.86. The molecule has 0 heterocycles. The number of aryl methyl sites for hydroxylation is 2. The van der Waals surface area contributed by atoms with Crippen LogP contribution in [-0.2, 0) is 6.18 Å². The fourth-order valence-electron chi connectivity index (χ4n) is 1.86. The lowest BCUT2D eigenvalue weighted by molar-refractivity contribution is -0.137. The molecule has 0 amide bonds. The third-order valence-electron chi connectivity index (χ3n) is 3.04.